The van der Waals surface area contributed by atoms with Crippen molar-refractivity contribution in [2.24, 2.45) is 15.2 Å². The number of aryl methyl sites for hydroxylation is 1. The van der Waals surface area contributed by atoms with E-state index in [4.69, 9.17) is 0 Å². The molecule has 5 nitrogen and oxygen atoms in total. The van der Waals surface area contributed by atoms with Gasteiger partial charge >= 0.3 is 0 Å². The van der Waals surface area contributed by atoms with E-state index in [1.165, 1.54) is 17.0 Å². The quantitative estimate of drug-likeness (QED) is 0.274. The number of fused-ring (bicyclic) bond motifs is 1. The van der Waals surface area contributed by atoms with Crippen molar-refractivity contribution in [3.05, 3.63) is 42.0 Å². The van der Waals surface area contributed by atoms with Crippen molar-refractivity contribution in [3.63, 3.8) is 0 Å². The third-order valence-corrected chi connectivity index (χ3v) is 5.08. The molecule has 7 heteroatoms. The van der Waals surface area contributed by atoms with Crippen molar-refractivity contribution in [3.8, 4) is 0 Å². The fourth-order valence-electron chi connectivity index (χ4n) is 2.70. The van der Waals surface area contributed by atoms with Crippen LogP contribution in [0.1, 0.15) is 19.4 Å². The van der Waals surface area contributed by atoms with E-state index in [2.05, 4.69) is 75.4 Å². The number of nitrogens with zero attached hydrogens (tertiary/aromatic N) is 5. The minimum Gasteiger partial charge on any atom is -0.372 e. The molecule has 1 heterocycles. The molecule has 0 saturated heterocycles. The first-order chi connectivity index (χ1) is 12.6. The zero-order valence-corrected chi connectivity index (χ0v) is 16.6. The van der Waals surface area contributed by atoms with Gasteiger partial charge in [-0.15, -0.1) is 10.2 Å². The van der Waals surface area contributed by atoms with Crippen LogP contribution in [0.5, 0.6) is 0 Å². The summed E-state index contributed by atoms with van der Waals surface area (Å²) in [7, 11) is 0. The summed E-state index contributed by atoms with van der Waals surface area (Å²) in [4.78, 5) is 10.8. The van der Waals surface area contributed by atoms with Crippen LogP contribution in [0, 0.1) is 6.92 Å². The number of hydrogen-bond acceptors (Lipinski definition) is 7. The largest absolute Gasteiger partial charge is 0.372 e. The van der Waals surface area contributed by atoms with Crippen molar-refractivity contribution in [2.75, 3.05) is 18.0 Å². The Morgan fingerprint density at radius 1 is 1.12 bits per heavy atom. The van der Waals surface area contributed by atoms with Crippen LogP contribution in [-0.4, -0.2) is 23.2 Å². The summed E-state index contributed by atoms with van der Waals surface area (Å²) in [5.41, 5.74) is 4.80. The average molecular weight is 382 g/mol. The zero-order valence-electron chi connectivity index (χ0n) is 14.9. The molecule has 0 saturated carbocycles. The van der Waals surface area contributed by atoms with Gasteiger partial charge in [-0.1, -0.05) is 11.3 Å². The molecule has 0 radical (unpaired) electrons. The molecule has 0 atom stereocenters. The summed E-state index contributed by atoms with van der Waals surface area (Å²) in [6.45, 7) is 8.33. The lowest BCUT2D eigenvalue weighted by Crippen LogP contribution is -2.21. The smallest absolute Gasteiger partial charge is 0.231 e. The van der Waals surface area contributed by atoms with Gasteiger partial charge in [-0.05, 0) is 75.0 Å². The second-order valence-electron chi connectivity index (χ2n) is 5.69. The number of thiocarbonyl (C=S) groups is 1. The highest BCUT2D eigenvalue weighted by molar-refractivity contribution is 7.78. The maximum Gasteiger partial charge on any atom is 0.231 e. The third kappa shape index (κ3) is 4.02. The van der Waals surface area contributed by atoms with E-state index in [0.717, 1.165) is 40.2 Å². The highest BCUT2D eigenvalue weighted by Crippen LogP contribution is 2.32. The maximum absolute atomic E-state index is 4.65. The average Bonchev–Trinajstić information content (AvgIpc) is 3.04. The van der Waals surface area contributed by atoms with Gasteiger partial charge in [-0.2, -0.15) is 4.99 Å². The molecule has 2 aromatic carbocycles. The SMILES string of the molecule is CCN(CC)c1ccc(N=Nc2nc3ccc(N=C=S)cc3s2)c(C)c1. The fraction of sp³-hybridized carbons (Fsp3) is 0.263. The molecule has 0 aliphatic carbocycles. The van der Waals surface area contributed by atoms with Crippen molar-refractivity contribution in [1.29, 1.82) is 0 Å². The van der Waals surface area contributed by atoms with E-state index in [1.807, 2.05) is 24.3 Å². The summed E-state index contributed by atoms with van der Waals surface area (Å²) in [5, 5.41) is 11.7. The number of rotatable bonds is 6. The van der Waals surface area contributed by atoms with Gasteiger partial charge in [0.05, 0.1) is 26.8 Å². The number of aliphatic imine (C=N–C) groups is 1. The van der Waals surface area contributed by atoms with Gasteiger partial charge in [0.25, 0.3) is 0 Å². The number of hydrogen-bond donors (Lipinski definition) is 0. The molecule has 1 aromatic heterocycles. The lowest BCUT2D eigenvalue weighted by atomic mass is 10.1. The maximum atomic E-state index is 4.65. The monoisotopic (exact) mass is 381 g/mol. The second-order valence-corrected chi connectivity index (χ2v) is 6.89. The van der Waals surface area contributed by atoms with Crippen LogP contribution < -0.4 is 4.90 Å². The molecule has 0 amide bonds. The van der Waals surface area contributed by atoms with Crippen molar-refractivity contribution in [1.82, 2.24) is 4.98 Å². The molecular formula is C19H19N5S2. The van der Waals surface area contributed by atoms with Gasteiger partial charge in [0.15, 0.2) is 0 Å². The van der Waals surface area contributed by atoms with E-state index in [1.54, 1.807) is 0 Å². The standard InChI is InChI=1S/C19H19N5S2/c1-4-24(5-2)15-7-9-16(13(3)10-15)22-23-19-21-17-8-6-14(20-12-25)11-18(17)26-19/h6-11H,4-5H2,1-3H3. The van der Waals surface area contributed by atoms with Crippen LogP contribution >= 0.6 is 23.6 Å². The van der Waals surface area contributed by atoms with Crippen LogP contribution in [0.4, 0.5) is 22.2 Å². The van der Waals surface area contributed by atoms with E-state index >= 15 is 0 Å². The van der Waals surface area contributed by atoms with E-state index in [0.29, 0.717) is 5.13 Å². The molecular weight excluding hydrogens is 362 g/mol. The molecule has 0 aliphatic rings. The Labute approximate surface area is 162 Å². The lowest BCUT2D eigenvalue weighted by Gasteiger charge is -2.21. The Bertz CT molecular complexity index is 998. The van der Waals surface area contributed by atoms with E-state index < -0.39 is 0 Å². The number of azo groups is 1. The third-order valence-electron chi connectivity index (χ3n) is 4.09. The lowest BCUT2D eigenvalue weighted by molar-refractivity contribution is 0.865. The van der Waals surface area contributed by atoms with Crippen molar-refractivity contribution >= 4 is 61.1 Å². The van der Waals surface area contributed by atoms with Gasteiger partial charge in [0.1, 0.15) is 0 Å². The molecule has 0 unspecified atom stereocenters. The predicted octanol–water partition coefficient (Wildman–Crippen LogP) is 6.60. The molecule has 3 rings (SSSR count). The zero-order chi connectivity index (χ0) is 18.5. The number of isothiocyanates is 1. The number of benzene rings is 2. The van der Waals surface area contributed by atoms with Crippen LogP contribution in [0.15, 0.2) is 51.6 Å². The Morgan fingerprint density at radius 2 is 1.92 bits per heavy atom. The van der Waals surface area contributed by atoms with Crippen LogP contribution in [-0.2, 0) is 0 Å². The summed E-state index contributed by atoms with van der Waals surface area (Å²) < 4.78 is 0.999. The summed E-state index contributed by atoms with van der Waals surface area (Å²) in [6.07, 6.45) is 0. The Hall–Kier alpha value is -2.47. The highest BCUT2D eigenvalue weighted by atomic mass is 32.1. The number of thiazole rings is 1. The molecule has 132 valence electrons. The first-order valence-corrected chi connectivity index (χ1v) is 9.63. The van der Waals surface area contributed by atoms with E-state index in [9.17, 15) is 0 Å². The molecule has 0 N–H and O–H groups in total. The number of anilines is 1. The molecule has 3 aromatic rings. The first-order valence-electron chi connectivity index (χ1n) is 8.40. The number of aromatic nitrogens is 1. The van der Waals surface area contributed by atoms with Crippen molar-refractivity contribution in [2.45, 2.75) is 20.8 Å². The van der Waals surface area contributed by atoms with Crippen molar-refractivity contribution < 1.29 is 0 Å². The normalized spacial score (nSPS) is 11.0. The van der Waals surface area contributed by atoms with Crippen LogP contribution in [0.25, 0.3) is 10.2 Å². The van der Waals surface area contributed by atoms with Crippen LogP contribution in [0.3, 0.4) is 0 Å². The second kappa shape index (κ2) is 8.27. The topological polar surface area (TPSA) is 53.2 Å². The Morgan fingerprint density at radius 3 is 2.62 bits per heavy atom. The minimum absolute atomic E-state index is 0.621. The molecule has 0 spiro atoms. The molecule has 0 fully saturated rings. The minimum atomic E-state index is 0.621. The molecule has 0 bridgehead atoms. The fourth-order valence-corrected chi connectivity index (χ4v) is 3.63. The van der Waals surface area contributed by atoms with Gasteiger partial charge in [0, 0.05) is 18.8 Å². The van der Waals surface area contributed by atoms with Gasteiger partial charge in [0.2, 0.25) is 5.13 Å². The molecule has 0 aliphatic heterocycles. The Kier molecular flexibility index (Phi) is 5.83. The summed E-state index contributed by atoms with van der Waals surface area (Å²) in [5.74, 6) is 0. The molecule has 26 heavy (non-hydrogen) atoms. The Balaban J connectivity index is 1.85. The van der Waals surface area contributed by atoms with E-state index in [-0.39, 0.29) is 0 Å². The van der Waals surface area contributed by atoms with Gasteiger partial charge < -0.3 is 4.90 Å². The van der Waals surface area contributed by atoms with Gasteiger partial charge in [-0.25, -0.2) is 4.98 Å². The van der Waals surface area contributed by atoms with Gasteiger partial charge in [-0.3, -0.25) is 0 Å². The first kappa shape index (κ1) is 18.3. The highest BCUT2D eigenvalue weighted by Gasteiger charge is 2.06. The van der Waals surface area contributed by atoms with Crippen LogP contribution in [0.2, 0.25) is 0 Å². The predicted molar refractivity (Wildman–Crippen MR) is 113 cm³/mol. The summed E-state index contributed by atoms with van der Waals surface area (Å²) >= 11 is 6.12. The summed E-state index contributed by atoms with van der Waals surface area (Å²) in [6, 6.07) is 11.9.